The van der Waals surface area contributed by atoms with E-state index in [1.165, 1.54) is 0 Å². The second-order valence-corrected chi connectivity index (χ2v) is 6.04. The van der Waals surface area contributed by atoms with Crippen LogP contribution in [0.3, 0.4) is 0 Å². The Morgan fingerprint density at radius 2 is 2.00 bits per heavy atom. The lowest BCUT2D eigenvalue weighted by atomic mass is 10.3. The summed E-state index contributed by atoms with van der Waals surface area (Å²) in [6.07, 6.45) is 0. The van der Waals surface area contributed by atoms with E-state index in [-0.39, 0.29) is 5.95 Å². The van der Waals surface area contributed by atoms with Gasteiger partial charge in [0.05, 0.1) is 16.3 Å². The number of H-pyrrole nitrogens is 1. The molecule has 16 heavy (non-hydrogen) atoms. The highest BCUT2D eigenvalue weighted by Crippen LogP contribution is 2.15. The van der Waals surface area contributed by atoms with Crippen LogP contribution in [0.4, 0.5) is 5.95 Å². The van der Waals surface area contributed by atoms with E-state index in [9.17, 15) is 8.42 Å². The van der Waals surface area contributed by atoms with Crippen LogP contribution in [-0.4, -0.2) is 23.6 Å². The third-order valence-electron chi connectivity index (χ3n) is 2.25. The molecule has 0 spiro atoms. The molecule has 2 rings (SSSR count). The number of benzene rings is 1. The molecule has 0 fully saturated rings. The van der Waals surface area contributed by atoms with Crippen LogP contribution in [0, 0.1) is 0 Å². The highest BCUT2D eigenvalue weighted by Gasteiger charge is 2.17. The summed E-state index contributed by atoms with van der Waals surface area (Å²) in [5.74, 6) is 0.259. The van der Waals surface area contributed by atoms with Crippen LogP contribution in [0.1, 0.15) is 13.8 Å². The van der Waals surface area contributed by atoms with E-state index in [0.717, 1.165) is 11.0 Å². The SMILES string of the molecule is CC(C)S(=O)(=O)Nc1nc2ccccc2[nH]1. The third kappa shape index (κ3) is 2.01. The van der Waals surface area contributed by atoms with E-state index < -0.39 is 15.3 Å². The zero-order chi connectivity index (χ0) is 11.8. The molecule has 6 heteroatoms. The van der Waals surface area contributed by atoms with Gasteiger partial charge in [-0.15, -0.1) is 0 Å². The van der Waals surface area contributed by atoms with Gasteiger partial charge in [0.15, 0.2) is 0 Å². The predicted octanol–water partition coefficient (Wildman–Crippen LogP) is 1.71. The minimum absolute atomic E-state index is 0.259. The lowest BCUT2D eigenvalue weighted by Gasteiger charge is -2.07. The van der Waals surface area contributed by atoms with E-state index in [2.05, 4.69) is 14.7 Å². The molecule has 0 bridgehead atoms. The molecule has 0 aliphatic heterocycles. The third-order valence-corrected chi connectivity index (χ3v) is 3.97. The summed E-state index contributed by atoms with van der Waals surface area (Å²) in [6.45, 7) is 3.23. The number of rotatable bonds is 3. The lowest BCUT2D eigenvalue weighted by molar-refractivity contribution is 0.592. The Morgan fingerprint density at radius 3 is 2.62 bits per heavy atom. The van der Waals surface area contributed by atoms with Gasteiger partial charge in [-0.2, -0.15) is 0 Å². The molecule has 86 valence electrons. The summed E-state index contributed by atoms with van der Waals surface area (Å²) in [7, 11) is -3.34. The fourth-order valence-electron chi connectivity index (χ4n) is 1.25. The first-order valence-corrected chi connectivity index (χ1v) is 6.50. The van der Waals surface area contributed by atoms with Crippen molar-refractivity contribution in [1.82, 2.24) is 9.97 Å². The molecule has 1 aromatic heterocycles. The molecule has 0 amide bonds. The van der Waals surface area contributed by atoms with E-state index in [1.807, 2.05) is 24.3 Å². The zero-order valence-electron chi connectivity index (χ0n) is 9.06. The minimum atomic E-state index is -3.34. The van der Waals surface area contributed by atoms with Gasteiger partial charge in [-0.1, -0.05) is 12.1 Å². The molecule has 0 aliphatic rings. The fourth-order valence-corrected chi connectivity index (χ4v) is 1.86. The van der Waals surface area contributed by atoms with Gasteiger partial charge in [-0.25, -0.2) is 13.4 Å². The second-order valence-electron chi connectivity index (χ2n) is 3.80. The van der Waals surface area contributed by atoms with E-state index >= 15 is 0 Å². The quantitative estimate of drug-likeness (QED) is 0.856. The molecule has 0 unspecified atom stereocenters. The van der Waals surface area contributed by atoms with Crippen molar-refractivity contribution in [2.24, 2.45) is 0 Å². The molecule has 0 saturated carbocycles. The van der Waals surface area contributed by atoms with E-state index in [4.69, 9.17) is 0 Å². The first-order valence-electron chi connectivity index (χ1n) is 4.95. The van der Waals surface area contributed by atoms with Gasteiger partial charge in [0.2, 0.25) is 16.0 Å². The molecular weight excluding hydrogens is 226 g/mol. The van der Waals surface area contributed by atoms with Gasteiger partial charge < -0.3 is 4.98 Å². The number of aromatic nitrogens is 2. The number of hydrogen-bond donors (Lipinski definition) is 2. The average Bonchev–Trinajstić information content (AvgIpc) is 2.58. The Kier molecular flexibility index (Phi) is 2.59. The Hall–Kier alpha value is -1.56. The Bertz CT molecular complexity index is 568. The molecule has 0 saturated heterocycles. The second kappa shape index (κ2) is 3.79. The average molecular weight is 239 g/mol. The summed E-state index contributed by atoms with van der Waals surface area (Å²) in [5.41, 5.74) is 1.55. The van der Waals surface area contributed by atoms with Crippen molar-refractivity contribution >= 4 is 27.0 Å². The van der Waals surface area contributed by atoms with Gasteiger partial charge in [-0.05, 0) is 26.0 Å². The maximum Gasteiger partial charge on any atom is 0.237 e. The normalized spacial score (nSPS) is 12.2. The van der Waals surface area contributed by atoms with Gasteiger partial charge in [0, 0.05) is 0 Å². The Labute approximate surface area is 93.9 Å². The number of sulfonamides is 1. The van der Waals surface area contributed by atoms with Crippen LogP contribution in [0.15, 0.2) is 24.3 Å². The first-order chi connectivity index (χ1) is 7.49. The molecule has 5 nitrogen and oxygen atoms in total. The number of anilines is 1. The number of nitrogens with one attached hydrogen (secondary N) is 2. The van der Waals surface area contributed by atoms with Crippen molar-refractivity contribution in [3.05, 3.63) is 24.3 Å². The van der Waals surface area contributed by atoms with Crippen LogP contribution in [0.2, 0.25) is 0 Å². The lowest BCUT2D eigenvalue weighted by Crippen LogP contribution is -2.23. The Balaban J connectivity index is 2.36. The smallest absolute Gasteiger partial charge is 0.237 e. The highest BCUT2D eigenvalue weighted by molar-refractivity contribution is 7.93. The molecule has 1 aromatic carbocycles. The number of imidazole rings is 1. The van der Waals surface area contributed by atoms with Crippen molar-refractivity contribution in [1.29, 1.82) is 0 Å². The van der Waals surface area contributed by atoms with E-state index in [0.29, 0.717) is 0 Å². The number of aromatic amines is 1. The minimum Gasteiger partial charge on any atom is -0.323 e. The van der Waals surface area contributed by atoms with Crippen molar-refractivity contribution in [2.75, 3.05) is 4.72 Å². The summed E-state index contributed by atoms with van der Waals surface area (Å²) >= 11 is 0. The Morgan fingerprint density at radius 1 is 1.31 bits per heavy atom. The topological polar surface area (TPSA) is 74.8 Å². The number of hydrogen-bond acceptors (Lipinski definition) is 3. The molecule has 0 radical (unpaired) electrons. The highest BCUT2D eigenvalue weighted by atomic mass is 32.2. The summed E-state index contributed by atoms with van der Waals surface area (Å²) < 4.78 is 25.6. The van der Waals surface area contributed by atoms with Crippen LogP contribution in [-0.2, 0) is 10.0 Å². The van der Waals surface area contributed by atoms with Crippen molar-refractivity contribution in [3.8, 4) is 0 Å². The van der Waals surface area contributed by atoms with Crippen LogP contribution in [0.25, 0.3) is 11.0 Å². The number of para-hydroxylation sites is 2. The van der Waals surface area contributed by atoms with Crippen LogP contribution in [0.5, 0.6) is 0 Å². The molecule has 2 aromatic rings. The maximum atomic E-state index is 11.6. The van der Waals surface area contributed by atoms with Gasteiger partial charge in [0.1, 0.15) is 0 Å². The van der Waals surface area contributed by atoms with Crippen molar-refractivity contribution < 1.29 is 8.42 Å². The van der Waals surface area contributed by atoms with Crippen molar-refractivity contribution in [2.45, 2.75) is 19.1 Å². The number of fused-ring (bicyclic) bond motifs is 1. The van der Waals surface area contributed by atoms with Crippen LogP contribution >= 0.6 is 0 Å². The molecule has 0 aliphatic carbocycles. The summed E-state index contributed by atoms with van der Waals surface area (Å²) in [4.78, 5) is 7.04. The summed E-state index contributed by atoms with van der Waals surface area (Å²) in [5, 5.41) is -0.485. The van der Waals surface area contributed by atoms with E-state index in [1.54, 1.807) is 13.8 Å². The fraction of sp³-hybridized carbons (Fsp3) is 0.300. The monoisotopic (exact) mass is 239 g/mol. The standard InChI is InChI=1S/C10H13N3O2S/c1-7(2)16(14,15)13-10-11-8-5-3-4-6-9(8)12-10/h3-7H,1-2H3,(H2,11,12,13). The molecular formula is C10H13N3O2S. The predicted molar refractivity (Wildman–Crippen MR) is 63.8 cm³/mol. The summed E-state index contributed by atoms with van der Waals surface area (Å²) in [6, 6.07) is 7.37. The number of nitrogens with zero attached hydrogens (tertiary/aromatic N) is 1. The van der Waals surface area contributed by atoms with Gasteiger partial charge >= 0.3 is 0 Å². The van der Waals surface area contributed by atoms with Gasteiger partial charge in [-0.3, -0.25) is 4.72 Å². The van der Waals surface area contributed by atoms with Crippen LogP contribution < -0.4 is 4.72 Å². The molecule has 2 N–H and O–H groups in total. The maximum absolute atomic E-state index is 11.6. The largest absolute Gasteiger partial charge is 0.323 e. The first kappa shape index (κ1) is 10.9. The van der Waals surface area contributed by atoms with Gasteiger partial charge in [0.25, 0.3) is 0 Å². The van der Waals surface area contributed by atoms with Crippen molar-refractivity contribution in [3.63, 3.8) is 0 Å². The molecule has 0 atom stereocenters. The molecule has 1 heterocycles. The zero-order valence-corrected chi connectivity index (χ0v) is 9.88.